The molecule has 0 bridgehead atoms. The minimum absolute atomic E-state index is 0.229. The zero-order valence-corrected chi connectivity index (χ0v) is 21.5. The van der Waals surface area contributed by atoms with E-state index >= 15 is 0 Å². The van der Waals surface area contributed by atoms with Crippen LogP contribution in [0, 0.1) is 20.8 Å². The van der Waals surface area contributed by atoms with Gasteiger partial charge in [-0.2, -0.15) is 0 Å². The summed E-state index contributed by atoms with van der Waals surface area (Å²) in [6, 6.07) is 5.70. The third-order valence-corrected chi connectivity index (χ3v) is 7.84. The second-order valence-electron chi connectivity index (χ2n) is 10.00. The molecule has 0 radical (unpaired) electrons. The van der Waals surface area contributed by atoms with Crippen molar-refractivity contribution in [2.75, 3.05) is 51.7 Å². The first kappa shape index (κ1) is 23.5. The van der Waals surface area contributed by atoms with Crippen molar-refractivity contribution in [3.05, 3.63) is 41.2 Å². The van der Waals surface area contributed by atoms with Crippen molar-refractivity contribution >= 4 is 29.4 Å². The molecule has 2 aromatic rings. The van der Waals surface area contributed by atoms with Crippen LogP contribution in [-0.4, -0.2) is 83.9 Å². The summed E-state index contributed by atoms with van der Waals surface area (Å²) in [5, 5.41) is 0. The number of hydrogen-bond donors (Lipinski definition) is 0. The van der Waals surface area contributed by atoms with Crippen molar-refractivity contribution < 1.29 is 14.2 Å². The zero-order valence-electron chi connectivity index (χ0n) is 21.5. The molecule has 1 aromatic heterocycles. The van der Waals surface area contributed by atoms with Crippen LogP contribution in [-0.2, 0) is 11.3 Å². The summed E-state index contributed by atoms with van der Waals surface area (Å²) in [7, 11) is 3.21. The maximum atomic E-state index is 12.8. The third-order valence-electron chi connectivity index (χ3n) is 7.84. The molecule has 2 saturated heterocycles. The number of aromatic nitrogens is 2. The van der Waals surface area contributed by atoms with Gasteiger partial charge in [-0.05, 0) is 57.4 Å². The molecule has 3 aliphatic rings. The van der Waals surface area contributed by atoms with Crippen LogP contribution in [0.3, 0.4) is 0 Å². The molecule has 1 aromatic carbocycles. The number of amidine groups is 1. The van der Waals surface area contributed by atoms with Crippen molar-refractivity contribution in [2.24, 2.45) is 4.99 Å². The summed E-state index contributed by atoms with van der Waals surface area (Å²) >= 11 is 0. The van der Waals surface area contributed by atoms with Gasteiger partial charge in [0.1, 0.15) is 11.9 Å². The highest BCUT2D eigenvalue weighted by Gasteiger charge is 2.52. The van der Waals surface area contributed by atoms with Crippen molar-refractivity contribution in [2.45, 2.75) is 46.2 Å². The highest BCUT2D eigenvalue weighted by molar-refractivity contribution is 6.18. The largest absolute Gasteiger partial charge is 0.401 e. The summed E-state index contributed by atoms with van der Waals surface area (Å²) in [6.07, 6.45) is 4.14. The lowest BCUT2D eigenvalue weighted by Crippen LogP contribution is -2.61. The summed E-state index contributed by atoms with van der Waals surface area (Å²) < 4.78 is 4.09. The highest BCUT2D eigenvalue weighted by Crippen LogP contribution is 2.29. The number of amides is 3. The summed E-state index contributed by atoms with van der Waals surface area (Å²) in [6.45, 7) is 12.7. The molecule has 9 heteroatoms. The van der Waals surface area contributed by atoms with Crippen LogP contribution < -0.4 is 9.47 Å². The van der Waals surface area contributed by atoms with Crippen LogP contribution >= 0.6 is 0 Å². The standard InChI is InChI=1S/C26H36N7O2/c1-18-9-8-10-21(20(18)3)31-15-13-30(14-16-31)11-6-7-12-32-19(2)17-33-22-23(27-25(32)33)28(4)26(35)29(5)24(22)34/h8-10,17,22H,6-7,11-16H2,1-5H3/q+1. The van der Waals surface area contributed by atoms with Gasteiger partial charge in [0.2, 0.25) is 11.9 Å². The number of likely N-dealkylation sites (N-methyl/N-ethyl adjacent to an activating group) is 2. The molecule has 186 valence electrons. The van der Waals surface area contributed by atoms with E-state index in [4.69, 9.17) is 4.99 Å². The Hall–Kier alpha value is -3.20. The van der Waals surface area contributed by atoms with Gasteiger partial charge in [-0.1, -0.05) is 17.1 Å². The molecular formula is C26H36N7O2+. The molecule has 5 rings (SSSR count). The smallest absolute Gasteiger partial charge is 0.369 e. The number of urea groups is 1. The van der Waals surface area contributed by atoms with Crippen LogP contribution in [0.4, 0.5) is 16.4 Å². The Labute approximate surface area is 207 Å². The number of nitrogens with zero attached hydrogens (tertiary/aromatic N) is 7. The van der Waals surface area contributed by atoms with E-state index in [1.165, 1.54) is 33.7 Å². The SMILES string of the molecule is Cc1cccc(N2CCN(CCCCn3c(C)c[n+]4c3N=C3C4C(=O)N(C)C(=O)N3C)CC2)c1C. The van der Waals surface area contributed by atoms with E-state index in [1.54, 1.807) is 7.05 Å². The lowest BCUT2D eigenvalue weighted by molar-refractivity contribution is -0.677. The van der Waals surface area contributed by atoms with Crippen molar-refractivity contribution in [1.82, 2.24) is 19.3 Å². The Morgan fingerprint density at radius 3 is 2.43 bits per heavy atom. The van der Waals surface area contributed by atoms with Gasteiger partial charge in [-0.25, -0.2) is 13.9 Å². The van der Waals surface area contributed by atoms with E-state index in [9.17, 15) is 9.59 Å². The van der Waals surface area contributed by atoms with E-state index in [2.05, 4.69) is 53.3 Å². The van der Waals surface area contributed by atoms with Gasteiger partial charge in [0.15, 0.2) is 0 Å². The minimum Gasteiger partial charge on any atom is -0.369 e. The number of anilines is 1. The van der Waals surface area contributed by atoms with E-state index in [0.717, 1.165) is 63.8 Å². The number of piperazine rings is 1. The monoisotopic (exact) mass is 478 g/mol. The molecule has 0 saturated carbocycles. The molecule has 9 nitrogen and oxygen atoms in total. The molecule has 3 aliphatic heterocycles. The number of carbonyl (C=O) groups excluding carboxylic acids is 2. The number of hydrogen-bond acceptors (Lipinski definition) is 5. The molecule has 1 unspecified atom stereocenters. The maximum absolute atomic E-state index is 12.8. The second kappa shape index (κ2) is 9.11. The molecule has 0 N–H and O–H groups in total. The van der Waals surface area contributed by atoms with Crippen LogP contribution in [0.2, 0.25) is 0 Å². The van der Waals surface area contributed by atoms with Gasteiger partial charge >= 0.3 is 12.0 Å². The molecular weight excluding hydrogens is 442 g/mol. The number of benzene rings is 1. The average Bonchev–Trinajstić information content (AvgIpc) is 3.36. The molecule has 3 amide bonds. The molecule has 2 fully saturated rings. The van der Waals surface area contributed by atoms with Gasteiger partial charge in [0, 0.05) is 46.0 Å². The third kappa shape index (κ3) is 4.01. The zero-order chi connectivity index (χ0) is 24.9. The fourth-order valence-electron chi connectivity index (χ4n) is 5.48. The Balaban J connectivity index is 1.16. The lowest BCUT2D eigenvalue weighted by Gasteiger charge is -2.37. The molecule has 0 spiro atoms. The number of aliphatic imine (C=N–C) groups is 1. The van der Waals surface area contributed by atoms with Gasteiger partial charge < -0.3 is 4.90 Å². The average molecular weight is 479 g/mol. The van der Waals surface area contributed by atoms with E-state index in [-0.39, 0.29) is 11.9 Å². The molecule has 4 heterocycles. The molecule has 35 heavy (non-hydrogen) atoms. The number of rotatable bonds is 6. The van der Waals surface area contributed by atoms with Crippen LogP contribution in [0.1, 0.15) is 35.7 Å². The fraction of sp³-hybridized carbons (Fsp3) is 0.538. The normalized spacial score (nSPS) is 20.4. The van der Waals surface area contributed by atoms with Crippen molar-refractivity contribution in [3.63, 3.8) is 0 Å². The van der Waals surface area contributed by atoms with Crippen molar-refractivity contribution in [3.8, 4) is 0 Å². The first-order valence-corrected chi connectivity index (χ1v) is 12.6. The maximum Gasteiger partial charge on any atom is 0.401 e. The second-order valence-corrected chi connectivity index (χ2v) is 10.00. The number of imide groups is 1. The van der Waals surface area contributed by atoms with E-state index < -0.39 is 6.04 Å². The predicted octanol–water partition coefficient (Wildman–Crippen LogP) is 2.41. The van der Waals surface area contributed by atoms with Gasteiger partial charge in [-0.15, -0.1) is 0 Å². The summed E-state index contributed by atoms with van der Waals surface area (Å²) in [5.41, 5.74) is 5.20. The van der Waals surface area contributed by atoms with Gasteiger partial charge in [0.25, 0.3) is 5.91 Å². The predicted molar refractivity (Wildman–Crippen MR) is 135 cm³/mol. The Morgan fingerprint density at radius 2 is 1.69 bits per heavy atom. The van der Waals surface area contributed by atoms with E-state index in [1.807, 2.05) is 10.8 Å². The number of fused-ring (bicyclic) bond motifs is 3. The molecule has 0 aliphatic carbocycles. The lowest BCUT2D eigenvalue weighted by atomic mass is 10.1. The fourth-order valence-corrected chi connectivity index (χ4v) is 5.48. The Kier molecular flexibility index (Phi) is 6.13. The number of unbranched alkanes of at least 4 members (excludes halogenated alkanes) is 1. The number of carbonyl (C=O) groups is 2. The number of aryl methyl sites for hydroxylation is 2. The first-order chi connectivity index (χ1) is 16.8. The quantitative estimate of drug-likeness (QED) is 0.472. The highest BCUT2D eigenvalue weighted by atomic mass is 16.2. The summed E-state index contributed by atoms with van der Waals surface area (Å²) in [4.78, 5) is 37.6. The van der Waals surface area contributed by atoms with Gasteiger partial charge in [-0.3, -0.25) is 19.5 Å². The Morgan fingerprint density at radius 1 is 0.971 bits per heavy atom. The van der Waals surface area contributed by atoms with Gasteiger partial charge in [0.05, 0.1) is 6.54 Å². The van der Waals surface area contributed by atoms with Crippen LogP contribution in [0.15, 0.2) is 29.4 Å². The number of imidazole rings is 1. The van der Waals surface area contributed by atoms with Crippen LogP contribution in [0.5, 0.6) is 0 Å². The topological polar surface area (TPSA) is 68.3 Å². The van der Waals surface area contributed by atoms with Crippen LogP contribution in [0.25, 0.3) is 0 Å². The summed E-state index contributed by atoms with van der Waals surface area (Å²) in [5.74, 6) is 1.05. The minimum atomic E-state index is -0.550. The van der Waals surface area contributed by atoms with E-state index in [0.29, 0.717) is 5.84 Å². The van der Waals surface area contributed by atoms with Crippen molar-refractivity contribution in [1.29, 1.82) is 0 Å². The Bertz CT molecular complexity index is 1190. The first-order valence-electron chi connectivity index (χ1n) is 12.6. The molecule has 1 atom stereocenters.